The highest BCUT2D eigenvalue weighted by molar-refractivity contribution is 5.91. The van der Waals surface area contributed by atoms with Crippen LogP contribution in [0.3, 0.4) is 0 Å². The van der Waals surface area contributed by atoms with Crippen LogP contribution < -0.4 is 16.0 Å². The van der Waals surface area contributed by atoms with E-state index in [4.69, 9.17) is 5.73 Å². The van der Waals surface area contributed by atoms with Crippen LogP contribution >= 0.6 is 0 Å². The van der Waals surface area contributed by atoms with E-state index in [1.165, 1.54) is 18.5 Å². The summed E-state index contributed by atoms with van der Waals surface area (Å²) in [6, 6.07) is 15.8. The largest absolute Gasteiger partial charge is 0.399 e. The topological polar surface area (TPSA) is 58.4 Å². The molecule has 1 amide bonds. The number of amides is 1. The zero-order valence-corrected chi connectivity index (χ0v) is 13.3. The molecule has 3 N–H and O–H groups in total. The average molecular weight is 309 g/mol. The maximum absolute atomic E-state index is 12.1. The summed E-state index contributed by atoms with van der Waals surface area (Å²) in [5.74, 6) is 0.0159. The Morgan fingerprint density at radius 2 is 1.74 bits per heavy atom. The number of aryl methyl sites for hydroxylation is 1. The Kier molecular flexibility index (Phi) is 4.81. The van der Waals surface area contributed by atoms with Gasteiger partial charge in [-0.1, -0.05) is 18.2 Å². The number of benzene rings is 2. The van der Waals surface area contributed by atoms with E-state index in [1.807, 2.05) is 36.4 Å². The molecule has 2 aromatic carbocycles. The van der Waals surface area contributed by atoms with Gasteiger partial charge < -0.3 is 16.0 Å². The molecule has 23 heavy (non-hydrogen) atoms. The predicted octanol–water partition coefficient (Wildman–Crippen LogP) is 3.44. The third-order valence-electron chi connectivity index (χ3n) is 4.30. The molecular weight excluding hydrogens is 286 g/mol. The summed E-state index contributed by atoms with van der Waals surface area (Å²) in [7, 11) is 0. The second kappa shape index (κ2) is 7.18. The minimum Gasteiger partial charge on any atom is -0.399 e. The van der Waals surface area contributed by atoms with Crippen LogP contribution in [0.5, 0.6) is 0 Å². The zero-order valence-electron chi connectivity index (χ0n) is 13.3. The molecule has 3 rings (SSSR count). The van der Waals surface area contributed by atoms with E-state index in [2.05, 4.69) is 22.3 Å². The summed E-state index contributed by atoms with van der Waals surface area (Å²) >= 11 is 0. The molecular formula is C19H23N3O. The van der Waals surface area contributed by atoms with E-state index in [9.17, 15) is 4.79 Å². The maximum atomic E-state index is 12.1. The SMILES string of the molecule is Nc1ccccc1CCC(=O)Nc1ccc(N2CCCC2)cc1. The molecule has 0 spiro atoms. The first-order chi connectivity index (χ1) is 11.2. The van der Waals surface area contributed by atoms with Gasteiger partial charge in [-0.15, -0.1) is 0 Å². The van der Waals surface area contributed by atoms with Gasteiger partial charge in [-0.25, -0.2) is 0 Å². The summed E-state index contributed by atoms with van der Waals surface area (Å²) in [4.78, 5) is 14.5. The highest BCUT2D eigenvalue weighted by Crippen LogP contribution is 2.22. The molecule has 0 radical (unpaired) electrons. The fraction of sp³-hybridized carbons (Fsp3) is 0.316. The molecule has 120 valence electrons. The third-order valence-corrected chi connectivity index (χ3v) is 4.30. The number of hydrogen-bond acceptors (Lipinski definition) is 3. The van der Waals surface area contributed by atoms with Gasteiger partial charge in [0.1, 0.15) is 0 Å². The number of rotatable bonds is 5. The number of anilines is 3. The molecule has 1 fully saturated rings. The highest BCUT2D eigenvalue weighted by Gasteiger charge is 2.12. The zero-order chi connectivity index (χ0) is 16.1. The van der Waals surface area contributed by atoms with E-state index < -0.39 is 0 Å². The molecule has 0 unspecified atom stereocenters. The van der Waals surface area contributed by atoms with Crippen LogP contribution in [0.25, 0.3) is 0 Å². The van der Waals surface area contributed by atoms with E-state index in [0.717, 1.165) is 30.0 Å². The minimum atomic E-state index is 0.0159. The smallest absolute Gasteiger partial charge is 0.224 e. The number of carbonyl (C=O) groups excluding carboxylic acids is 1. The lowest BCUT2D eigenvalue weighted by molar-refractivity contribution is -0.116. The van der Waals surface area contributed by atoms with Crippen molar-refractivity contribution in [3.05, 3.63) is 54.1 Å². The van der Waals surface area contributed by atoms with Gasteiger partial charge in [0, 0.05) is 36.6 Å². The second-order valence-corrected chi connectivity index (χ2v) is 5.99. The monoisotopic (exact) mass is 309 g/mol. The van der Waals surface area contributed by atoms with Crippen molar-refractivity contribution in [2.75, 3.05) is 29.0 Å². The Hall–Kier alpha value is -2.49. The van der Waals surface area contributed by atoms with Crippen molar-refractivity contribution in [1.82, 2.24) is 0 Å². The Bertz CT molecular complexity index is 661. The van der Waals surface area contributed by atoms with Crippen LogP contribution in [0.1, 0.15) is 24.8 Å². The first-order valence-electron chi connectivity index (χ1n) is 8.20. The molecule has 1 aliphatic rings. The Balaban J connectivity index is 1.52. The van der Waals surface area contributed by atoms with E-state index >= 15 is 0 Å². The maximum Gasteiger partial charge on any atom is 0.224 e. The number of nitrogens with zero attached hydrogens (tertiary/aromatic N) is 1. The van der Waals surface area contributed by atoms with Gasteiger partial charge in [0.05, 0.1) is 0 Å². The summed E-state index contributed by atoms with van der Waals surface area (Å²) in [5.41, 5.74) is 9.75. The van der Waals surface area contributed by atoms with Gasteiger partial charge >= 0.3 is 0 Å². The van der Waals surface area contributed by atoms with Crippen molar-refractivity contribution in [2.45, 2.75) is 25.7 Å². The van der Waals surface area contributed by atoms with Crippen LogP contribution in [-0.4, -0.2) is 19.0 Å². The first-order valence-corrected chi connectivity index (χ1v) is 8.20. The lowest BCUT2D eigenvalue weighted by atomic mass is 10.1. The van der Waals surface area contributed by atoms with Crippen molar-refractivity contribution in [1.29, 1.82) is 0 Å². The fourth-order valence-electron chi connectivity index (χ4n) is 2.96. The van der Waals surface area contributed by atoms with Crippen molar-refractivity contribution >= 4 is 23.0 Å². The van der Waals surface area contributed by atoms with E-state index in [0.29, 0.717) is 12.8 Å². The average Bonchev–Trinajstić information content (AvgIpc) is 3.09. The van der Waals surface area contributed by atoms with Gasteiger partial charge in [0.25, 0.3) is 0 Å². The summed E-state index contributed by atoms with van der Waals surface area (Å²) < 4.78 is 0. The molecule has 0 atom stereocenters. The Morgan fingerprint density at radius 3 is 2.43 bits per heavy atom. The number of nitrogens with two attached hydrogens (primary N) is 1. The van der Waals surface area contributed by atoms with Crippen LogP contribution in [-0.2, 0) is 11.2 Å². The quantitative estimate of drug-likeness (QED) is 0.832. The number of para-hydroxylation sites is 1. The molecule has 4 nitrogen and oxygen atoms in total. The number of hydrogen-bond donors (Lipinski definition) is 2. The van der Waals surface area contributed by atoms with E-state index in [-0.39, 0.29) is 5.91 Å². The number of nitrogens with one attached hydrogen (secondary N) is 1. The molecule has 1 heterocycles. The van der Waals surface area contributed by atoms with Gasteiger partial charge in [0.2, 0.25) is 5.91 Å². The molecule has 4 heteroatoms. The predicted molar refractivity (Wildman–Crippen MR) is 95.7 cm³/mol. The molecule has 0 saturated carbocycles. The van der Waals surface area contributed by atoms with Crippen molar-refractivity contribution in [3.63, 3.8) is 0 Å². The number of nitrogen functional groups attached to an aromatic ring is 1. The highest BCUT2D eigenvalue weighted by atomic mass is 16.1. The van der Waals surface area contributed by atoms with Gasteiger partial charge in [-0.05, 0) is 55.2 Å². The lowest BCUT2D eigenvalue weighted by Gasteiger charge is -2.17. The summed E-state index contributed by atoms with van der Waals surface area (Å²) in [6.45, 7) is 2.26. The third kappa shape index (κ3) is 4.03. The van der Waals surface area contributed by atoms with Crippen molar-refractivity contribution < 1.29 is 4.79 Å². The molecule has 0 aromatic heterocycles. The lowest BCUT2D eigenvalue weighted by Crippen LogP contribution is -2.17. The minimum absolute atomic E-state index is 0.0159. The summed E-state index contributed by atoms with van der Waals surface area (Å²) in [5, 5.41) is 2.95. The van der Waals surface area contributed by atoms with Gasteiger partial charge in [-0.3, -0.25) is 4.79 Å². The van der Waals surface area contributed by atoms with Crippen LogP contribution in [0, 0.1) is 0 Å². The molecule has 0 bridgehead atoms. The fourth-order valence-corrected chi connectivity index (χ4v) is 2.96. The van der Waals surface area contributed by atoms with Crippen molar-refractivity contribution in [3.8, 4) is 0 Å². The van der Waals surface area contributed by atoms with Crippen LogP contribution in [0.15, 0.2) is 48.5 Å². The molecule has 1 aliphatic heterocycles. The Labute approximate surface area is 137 Å². The van der Waals surface area contributed by atoms with Crippen molar-refractivity contribution in [2.24, 2.45) is 0 Å². The number of carbonyl (C=O) groups is 1. The van der Waals surface area contributed by atoms with Gasteiger partial charge in [0.15, 0.2) is 0 Å². The van der Waals surface area contributed by atoms with E-state index in [1.54, 1.807) is 0 Å². The van der Waals surface area contributed by atoms with Gasteiger partial charge in [-0.2, -0.15) is 0 Å². The normalized spacial score (nSPS) is 14.0. The Morgan fingerprint density at radius 1 is 1.04 bits per heavy atom. The molecule has 0 aliphatic carbocycles. The molecule has 1 saturated heterocycles. The van der Waals surface area contributed by atoms with Crippen LogP contribution in [0.2, 0.25) is 0 Å². The first kappa shape index (κ1) is 15.4. The molecule has 2 aromatic rings. The van der Waals surface area contributed by atoms with Crippen LogP contribution in [0.4, 0.5) is 17.1 Å². The standard InChI is InChI=1S/C19H23N3O/c20-18-6-2-1-5-15(18)7-12-19(23)21-16-8-10-17(11-9-16)22-13-3-4-14-22/h1-2,5-6,8-11H,3-4,7,12-14,20H2,(H,21,23). The summed E-state index contributed by atoms with van der Waals surface area (Å²) in [6.07, 6.45) is 3.62. The second-order valence-electron chi connectivity index (χ2n) is 5.99.